The van der Waals surface area contributed by atoms with Gasteiger partial charge in [0.2, 0.25) is 5.91 Å². The number of amides is 1. The molecule has 3 nitrogen and oxygen atoms in total. The van der Waals surface area contributed by atoms with Crippen molar-refractivity contribution < 1.29 is 9.90 Å². The number of hydrogen-bond donors (Lipinski definition) is 2. The third kappa shape index (κ3) is 3.59. The van der Waals surface area contributed by atoms with Gasteiger partial charge in [0.1, 0.15) is 6.61 Å². The van der Waals surface area contributed by atoms with Gasteiger partial charge in [0.15, 0.2) is 0 Å². The summed E-state index contributed by atoms with van der Waals surface area (Å²) in [5.41, 5.74) is -0.170. The number of aliphatic hydroxyl groups is 1. The Kier molecular flexibility index (Phi) is 4.62. The van der Waals surface area contributed by atoms with Gasteiger partial charge in [-0.05, 0) is 25.0 Å². The van der Waals surface area contributed by atoms with Crippen molar-refractivity contribution in [1.29, 1.82) is 0 Å². The summed E-state index contributed by atoms with van der Waals surface area (Å²) in [6.45, 7) is 2.50. The summed E-state index contributed by atoms with van der Waals surface area (Å²) in [6, 6.07) is 3.90. The van der Waals surface area contributed by atoms with E-state index in [1.54, 1.807) is 11.3 Å². The SMILES string of the molecule is CC1(C(=O)NCc2ccc(C#CCO)s2)CCCC1. The lowest BCUT2D eigenvalue weighted by atomic mass is 9.88. The minimum atomic E-state index is -0.170. The van der Waals surface area contributed by atoms with Crippen LogP contribution in [0.1, 0.15) is 42.4 Å². The van der Waals surface area contributed by atoms with Crippen LogP contribution in [0.2, 0.25) is 0 Å². The van der Waals surface area contributed by atoms with Gasteiger partial charge in [-0.1, -0.05) is 31.6 Å². The number of aliphatic hydroxyl groups excluding tert-OH is 1. The predicted molar refractivity (Wildman–Crippen MR) is 76.7 cm³/mol. The van der Waals surface area contributed by atoms with Crippen LogP contribution in [0, 0.1) is 17.3 Å². The van der Waals surface area contributed by atoms with Gasteiger partial charge < -0.3 is 10.4 Å². The van der Waals surface area contributed by atoms with Gasteiger partial charge in [-0.3, -0.25) is 4.79 Å². The van der Waals surface area contributed by atoms with Gasteiger partial charge in [-0.15, -0.1) is 11.3 Å². The zero-order chi connectivity index (χ0) is 13.7. The van der Waals surface area contributed by atoms with E-state index in [0.717, 1.165) is 35.4 Å². The van der Waals surface area contributed by atoms with Gasteiger partial charge in [-0.25, -0.2) is 0 Å². The van der Waals surface area contributed by atoms with E-state index < -0.39 is 0 Å². The highest BCUT2D eigenvalue weighted by Gasteiger charge is 2.35. The van der Waals surface area contributed by atoms with Crippen molar-refractivity contribution in [3.05, 3.63) is 21.9 Å². The van der Waals surface area contributed by atoms with Crippen molar-refractivity contribution in [3.8, 4) is 11.8 Å². The average Bonchev–Trinajstić information content (AvgIpc) is 3.03. The van der Waals surface area contributed by atoms with E-state index >= 15 is 0 Å². The molecule has 1 aliphatic rings. The maximum atomic E-state index is 12.2. The number of carbonyl (C=O) groups is 1. The average molecular weight is 277 g/mol. The Bertz CT molecular complexity index is 504. The summed E-state index contributed by atoms with van der Waals surface area (Å²) in [6.07, 6.45) is 4.31. The standard InChI is InChI=1S/C15H19NO2S/c1-15(8-2-3-9-15)14(18)16-11-13-7-6-12(19-13)5-4-10-17/h6-7,17H,2-3,8-11H2,1H3,(H,16,18). The van der Waals surface area contributed by atoms with Crippen LogP contribution in [0.15, 0.2) is 12.1 Å². The van der Waals surface area contributed by atoms with Crippen LogP contribution in [-0.4, -0.2) is 17.6 Å². The van der Waals surface area contributed by atoms with Gasteiger partial charge >= 0.3 is 0 Å². The van der Waals surface area contributed by atoms with Crippen molar-refractivity contribution >= 4 is 17.2 Å². The summed E-state index contributed by atoms with van der Waals surface area (Å²) >= 11 is 1.56. The third-order valence-corrected chi connectivity index (χ3v) is 4.63. The molecule has 1 amide bonds. The molecular weight excluding hydrogens is 258 g/mol. The highest BCUT2D eigenvalue weighted by atomic mass is 32.1. The van der Waals surface area contributed by atoms with E-state index in [1.807, 2.05) is 12.1 Å². The van der Waals surface area contributed by atoms with Crippen LogP contribution in [-0.2, 0) is 11.3 Å². The molecule has 102 valence electrons. The molecule has 0 aliphatic heterocycles. The fourth-order valence-electron chi connectivity index (χ4n) is 2.43. The fourth-order valence-corrected chi connectivity index (χ4v) is 3.25. The summed E-state index contributed by atoms with van der Waals surface area (Å²) in [5.74, 6) is 5.66. The van der Waals surface area contributed by atoms with Gasteiger partial charge in [0.05, 0.1) is 11.4 Å². The first-order valence-corrected chi connectivity index (χ1v) is 7.42. The second-order valence-electron chi connectivity index (χ2n) is 5.18. The van der Waals surface area contributed by atoms with Crippen LogP contribution < -0.4 is 5.32 Å². The summed E-state index contributed by atoms with van der Waals surface area (Å²) in [7, 11) is 0. The van der Waals surface area contributed by atoms with E-state index in [4.69, 9.17) is 5.11 Å². The Morgan fingerprint density at radius 2 is 2.21 bits per heavy atom. The Hall–Kier alpha value is -1.31. The first kappa shape index (κ1) is 14.1. The van der Waals surface area contributed by atoms with Crippen molar-refractivity contribution in [2.24, 2.45) is 5.41 Å². The lowest BCUT2D eigenvalue weighted by Gasteiger charge is -2.21. The fraction of sp³-hybridized carbons (Fsp3) is 0.533. The number of thiophene rings is 1. The normalized spacial score (nSPS) is 16.7. The monoisotopic (exact) mass is 277 g/mol. The van der Waals surface area contributed by atoms with E-state index in [2.05, 4.69) is 24.1 Å². The largest absolute Gasteiger partial charge is 0.384 e. The van der Waals surface area contributed by atoms with Crippen LogP contribution in [0.4, 0.5) is 0 Å². The Morgan fingerprint density at radius 3 is 2.89 bits per heavy atom. The van der Waals surface area contributed by atoms with Crippen LogP contribution in [0.25, 0.3) is 0 Å². The molecule has 4 heteroatoms. The quantitative estimate of drug-likeness (QED) is 0.833. The van der Waals surface area contributed by atoms with E-state index in [9.17, 15) is 4.79 Å². The molecule has 0 bridgehead atoms. The third-order valence-electron chi connectivity index (χ3n) is 3.63. The molecule has 2 N–H and O–H groups in total. The van der Waals surface area contributed by atoms with Crippen LogP contribution in [0.3, 0.4) is 0 Å². The lowest BCUT2D eigenvalue weighted by Crippen LogP contribution is -2.36. The lowest BCUT2D eigenvalue weighted by molar-refractivity contribution is -0.130. The predicted octanol–water partition coefficient (Wildman–Crippen LogP) is 2.29. The van der Waals surface area contributed by atoms with Crippen molar-refractivity contribution in [1.82, 2.24) is 5.32 Å². The summed E-state index contributed by atoms with van der Waals surface area (Å²) in [5, 5.41) is 11.7. The molecule has 1 aromatic heterocycles. The number of rotatable bonds is 3. The molecule has 0 unspecified atom stereocenters. The molecule has 0 spiro atoms. The minimum absolute atomic E-state index is 0.123. The molecule has 1 heterocycles. The second kappa shape index (κ2) is 6.23. The van der Waals surface area contributed by atoms with Gasteiger partial charge in [-0.2, -0.15) is 0 Å². The zero-order valence-corrected chi connectivity index (χ0v) is 12.0. The number of hydrogen-bond acceptors (Lipinski definition) is 3. The molecule has 19 heavy (non-hydrogen) atoms. The van der Waals surface area contributed by atoms with Gasteiger partial charge in [0, 0.05) is 10.3 Å². The number of nitrogens with one attached hydrogen (secondary N) is 1. The second-order valence-corrected chi connectivity index (χ2v) is 6.34. The molecule has 0 saturated heterocycles. The summed E-state index contributed by atoms with van der Waals surface area (Å²) < 4.78 is 0. The topological polar surface area (TPSA) is 49.3 Å². The van der Waals surface area contributed by atoms with Crippen LogP contribution in [0.5, 0.6) is 0 Å². The Labute approximate surface area is 118 Å². The highest BCUT2D eigenvalue weighted by Crippen LogP contribution is 2.37. The molecule has 0 atom stereocenters. The molecule has 1 saturated carbocycles. The first-order valence-electron chi connectivity index (χ1n) is 6.61. The molecule has 1 aromatic rings. The Morgan fingerprint density at radius 1 is 1.47 bits per heavy atom. The van der Waals surface area contributed by atoms with Crippen LogP contribution >= 0.6 is 11.3 Å². The van der Waals surface area contributed by atoms with E-state index in [1.165, 1.54) is 0 Å². The molecule has 0 aromatic carbocycles. The van der Waals surface area contributed by atoms with E-state index in [-0.39, 0.29) is 17.9 Å². The molecular formula is C15H19NO2S. The zero-order valence-electron chi connectivity index (χ0n) is 11.2. The maximum absolute atomic E-state index is 12.2. The Balaban J connectivity index is 1.88. The van der Waals surface area contributed by atoms with Crippen molar-refractivity contribution in [2.75, 3.05) is 6.61 Å². The van der Waals surface area contributed by atoms with Crippen molar-refractivity contribution in [3.63, 3.8) is 0 Å². The number of carbonyl (C=O) groups excluding carboxylic acids is 1. The molecule has 1 aliphatic carbocycles. The maximum Gasteiger partial charge on any atom is 0.226 e. The highest BCUT2D eigenvalue weighted by molar-refractivity contribution is 7.12. The smallest absolute Gasteiger partial charge is 0.226 e. The first-order chi connectivity index (χ1) is 9.14. The van der Waals surface area contributed by atoms with Crippen molar-refractivity contribution in [2.45, 2.75) is 39.2 Å². The molecule has 1 fully saturated rings. The molecule has 0 radical (unpaired) electrons. The van der Waals surface area contributed by atoms with Gasteiger partial charge in [0.25, 0.3) is 0 Å². The van der Waals surface area contributed by atoms with E-state index in [0.29, 0.717) is 6.54 Å². The summed E-state index contributed by atoms with van der Waals surface area (Å²) in [4.78, 5) is 14.2. The minimum Gasteiger partial charge on any atom is -0.384 e. The molecule has 2 rings (SSSR count).